The van der Waals surface area contributed by atoms with Gasteiger partial charge in [-0.25, -0.2) is 18.2 Å². The van der Waals surface area contributed by atoms with E-state index in [1.165, 1.54) is 35.4 Å². The van der Waals surface area contributed by atoms with Crippen molar-refractivity contribution in [3.05, 3.63) is 54.0 Å². The van der Waals surface area contributed by atoms with Crippen LogP contribution in [0.4, 0.5) is 13.6 Å². The second-order valence-corrected chi connectivity index (χ2v) is 12.2. The van der Waals surface area contributed by atoms with E-state index in [2.05, 4.69) is 25.3 Å². The Bertz CT molecular complexity index is 1530. The molecule has 1 aromatic carbocycles. The highest BCUT2D eigenvalue weighted by atomic mass is 32.2. The third-order valence-electron chi connectivity index (χ3n) is 6.75. The predicted molar refractivity (Wildman–Crippen MR) is 153 cm³/mol. The number of aromatic nitrogens is 2. The molecular formula is C28H33F2N5O8S. The number of nitrogens with one attached hydrogen (secondary N) is 2. The van der Waals surface area contributed by atoms with E-state index in [0.29, 0.717) is 12.8 Å². The van der Waals surface area contributed by atoms with Gasteiger partial charge in [-0.3, -0.25) is 9.59 Å². The molecule has 3 amide bonds. The van der Waals surface area contributed by atoms with Crippen LogP contribution in [0.15, 0.2) is 47.0 Å². The Morgan fingerprint density at radius 3 is 2.52 bits per heavy atom. The summed E-state index contributed by atoms with van der Waals surface area (Å²) in [6.45, 7) is -0.337. The molecule has 3 aromatic rings. The number of halogens is 2. The van der Waals surface area contributed by atoms with Crippen molar-refractivity contribution in [2.75, 3.05) is 32.1 Å². The summed E-state index contributed by atoms with van der Waals surface area (Å²) in [4.78, 5) is 49.6. The number of carbonyl (C=O) groups is 3. The molecule has 44 heavy (non-hydrogen) atoms. The third kappa shape index (κ3) is 8.92. The SMILES string of the molecule is CCCC[C@H](NC(=O)[C@H](CS(=O)(=O)Cc1ccccc1OC(F)F)NC(=O)N1CCOCC1)C(=O)c1nc2ncccc2o1. The molecule has 0 bridgehead atoms. The normalized spacial score (nSPS) is 15.1. The van der Waals surface area contributed by atoms with Crippen molar-refractivity contribution in [1.82, 2.24) is 25.5 Å². The standard InChI is InChI=1S/C28H33F2N5O8S/c1-2-3-8-19(23(36)26-34-24-22(42-26)10-6-11-31-24)32-25(37)20(33-28(38)35-12-14-41-15-13-35)17-44(39,40)16-18-7-4-5-9-21(18)43-27(29)30/h4-7,9-11,19-20,27H,2-3,8,12-17H2,1H3,(H,32,37)(H,33,38)/t19-,20-/m0/s1. The van der Waals surface area contributed by atoms with E-state index < -0.39 is 57.8 Å². The van der Waals surface area contributed by atoms with E-state index in [9.17, 15) is 31.6 Å². The fraction of sp³-hybridized carbons (Fsp3) is 0.464. The maximum absolute atomic E-state index is 13.6. The number of Topliss-reactive ketones (excluding diaryl/α,β-unsaturated/α-hetero) is 1. The van der Waals surface area contributed by atoms with Crippen LogP contribution in [0.3, 0.4) is 0 Å². The number of unbranched alkanes of at least 4 members (excludes halogenated alkanes) is 1. The zero-order chi connectivity index (χ0) is 31.7. The number of morpholine rings is 1. The number of ether oxygens (including phenoxy) is 2. The van der Waals surface area contributed by atoms with Gasteiger partial charge in [-0.2, -0.15) is 13.8 Å². The Kier molecular flexibility index (Phi) is 11.2. The summed E-state index contributed by atoms with van der Waals surface area (Å²) in [5, 5.41) is 5.04. The van der Waals surface area contributed by atoms with Gasteiger partial charge in [-0.05, 0) is 24.6 Å². The summed E-state index contributed by atoms with van der Waals surface area (Å²) in [6, 6.07) is 5.08. The summed E-state index contributed by atoms with van der Waals surface area (Å²) in [7, 11) is -4.22. The Hall–Kier alpha value is -4.18. The number of hydrogen-bond acceptors (Lipinski definition) is 10. The Morgan fingerprint density at radius 2 is 1.82 bits per heavy atom. The van der Waals surface area contributed by atoms with Gasteiger partial charge < -0.3 is 29.4 Å². The number of pyridine rings is 1. The molecule has 2 N–H and O–H groups in total. The highest BCUT2D eigenvalue weighted by Gasteiger charge is 2.34. The van der Waals surface area contributed by atoms with E-state index in [1.54, 1.807) is 12.1 Å². The first-order valence-electron chi connectivity index (χ1n) is 14.0. The van der Waals surface area contributed by atoms with Crippen LogP contribution in [0.2, 0.25) is 0 Å². The monoisotopic (exact) mass is 637 g/mol. The van der Waals surface area contributed by atoms with E-state index in [4.69, 9.17) is 9.15 Å². The maximum atomic E-state index is 13.6. The van der Waals surface area contributed by atoms with Crippen molar-refractivity contribution in [2.45, 2.75) is 50.6 Å². The molecular weight excluding hydrogens is 604 g/mol. The largest absolute Gasteiger partial charge is 0.435 e. The van der Waals surface area contributed by atoms with Gasteiger partial charge in [-0.1, -0.05) is 38.0 Å². The van der Waals surface area contributed by atoms with Gasteiger partial charge in [0.2, 0.25) is 11.7 Å². The van der Waals surface area contributed by atoms with Gasteiger partial charge in [0.25, 0.3) is 5.89 Å². The highest BCUT2D eigenvalue weighted by Crippen LogP contribution is 2.23. The summed E-state index contributed by atoms with van der Waals surface area (Å²) in [5.41, 5.74) is 0.426. The predicted octanol–water partition coefficient (Wildman–Crippen LogP) is 2.71. The number of para-hydroxylation sites is 1. The van der Waals surface area contributed by atoms with Crippen LogP contribution < -0.4 is 15.4 Å². The van der Waals surface area contributed by atoms with Crippen LogP contribution in [-0.2, 0) is 25.1 Å². The second-order valence-electron chi connectivity index (χ2n) is 10.1. The van der Waals surface area contributed by atoms with Crippen LogP contribution in [0.25, 0.3) is 11.2 Å². The number of nitrogens with zero attached hydrogens (tertiary/aromatic N) is 3. The van der Waals surface area contributed by atoms with E-state index in [1.807, 2.05) is 6.92 Å². The van der Waals surface area contributed by atoms with Crippen molar-refractivity contribution in [3.8, 4) is 5.75 Å². The van der Waals surface area contributed by atoms with E-state index in [-0.39, 0.29) is 61.2 Å². The molecule has 238 valence electrons. The Morgan fingerprint density at radius 1 is 1.07 bits per heavy atom. The minimum atomic E-state index is -4.22. The van der Waals surface area contributed by atoms with Crippen molar-refractivity contribution < 1.29 is 45.5 Å². The minimum Gasteiger partial charge on any atom is -0.435 e. The molecule has 0 aliphatic carbocycles. The number of alkyl halides is 2. The van der Waals surface area contributed by atoms with Gasteiger partial charge >= 0.3 is 12.6 Å². The number of ketones is 1. The molecule has 0 radical (unpaired) electrons. The lowest BCUT2D eigenvalue weighted by molar-refractivity contribution is -0.123. The molecule has 1 aliphatic heterocycles. The lowest BCUT2D eigenvalue weighted by Gasteiger charge is -2.29. The lowest BCUT2D eigenvalue weighted by atomic mass is 10.0. The number of carbonyl (C=O) groups excluding carboxylic acids is 3. The van der Waals surface area contributed by atoms with Crippen LogP contribution in [0.5, 0.6) is 5.75 Å². The van der Waals surface area contributed by atoms with E-state index in [0.717, 1.165) is 0 Å². The zero-order valence-corrected chi connectivity index (χ0v) is 24.7. The van der Waals surface area contributed by atoms with Crippen molar-refractivity contribution in [2.24, 2.45) is 0 Å². The summed E-state index contributed by atoms with van der Waals surface area (Å²) < 4.78 is 67.7. The second kappa shape index (κ2) is 15.0. The first-order chi connectivity index (χ1) is 21.1. The van der Waals surface area contributed by atoms with Gasteiger partial charge in [0.1, 0.15) is 11.8 Å². The van der Waals surface area contributed by atoms with Gasteiger partial charge in [0, 0.05) is 24.8 Å². The maximum Gasteiger partial charge on any atom is 0.387 e. The smallest absolute Gasteiger partial charge is 0.387 e. The average molecular weight is 638 g/mol. The molecule has 0 spiro atoms. The van der Waals surface area contributed by atoms with Crippen molar-refractivity contribution in [3.63, 3.8) is 0 Å². The van der Waals surface area contributed by atoms with Crippen LogP contribution in [0, 0.1) is 0 Å². The number of rotatable bonds is 14. The van der Waals surface area contributed by atoms with Crippen LogP contribution in [0.1, 0.15) is 42.4 Å². The molecule has 0 unspecified atom stereocenters. The quantitative estimate of drug-likeness (QED) is 0.251. The van der Waals surface area contributed by atoms with Crippen molar-refractivity contribution >= 4 is 38.8 Å². The van der Waals surface area contributed by atoms with Crippen LogP contribution >= 0.6 is 0 Å². The molecule has 1 aliphatic rings. The molecule has 2 aromatic heterocycles. The number of oxazole rings is 1. The number of fused-ring (bicyclic) bond motifs is 1. The lowest BCUT2D eigenvalue weighted by Crippen LogP contribution is -2.57. The number of sulfone groups is 1. The molecule has 1 saturated heterocycles. The van der Waals surface area contributed by atoms with E-state index >= 15 is 0 Å². The zero-order valence-electron chi connectivity index (χ0n) is 23.9. The van der Waals surface area contributed by atoms with Crippen LogP contribution in [-0.4, -0.2) is 91.8 Å². The Labute approximate surface area is 252 Å². The van der Waals surface area contributed by atoms with Gasteiger partial charge in [-0.15, -0.1) is 0 Å². The third-order valence-corrected chi connectivity index (χ3v) is 8.34. The number of amides is 3. The molecule has 13 nitrogen and oxygen atoms in total. The molecule has 0 saturated carbocycles. The fourth-order valence-corrected chi connectivity index (χ4v) is 6.12. The molecule has 4 rings (SSSR count). The number of benzene rings is 1. The highest BCUT2D eigenvalue weighted by molar-refractivity contribution is 7.90. The summed E-state index contributed by atoms with van der Waals surface area (Å²) >= 11 is 0. The minimum absolute atomic E-state index is 0.0490. The van der Waals surface area contributed by atoms with Gasteiger partial charge in [0.15, 0.2) is 21.1 Å². The number of urea groups is 1. The summed E-state index contributed by atoms with van der Waals surface area (Å²) in [5.74, 6) is -3.83. The topological polar surface area (TPSA) is 170 Å². The molecule has 1 fully saturated rings. The molecule has 16 heteroatoms. The first-order valence-corrected chi connectivity index (χ1v) is 15.8. The number of hydrogen-bond donors (Lipinski definition) is 2. The molecule has 3 heterocycles. The van der Waals surface area contributed by atoms with Gasteiger partial charge in [0.05, 0.1) is 30.8 Å². The molecule has 2 atom stereocenters. The summed E-state index contributed by atoms with van der Waals surface area (Å²) in [6.07, 6.45) is 2.87. The van der Waals surface area contributed by atoms with Crippen molar-refractivity contribution in [1.29, 1.82) is 0 Å². The first kappa shape index (κ1) is 32.7. The fourth-order valence-electron chi connectivity index (χ4n) is 4.55. The average Bonchev–Trinajstić information content (AvgIpc) is 3.44. The Balaban J connectivity index is 1.57.